The molecule has 0 aliphatic rings. The van der Waals surface area contributed by atoms with E-state index in [2.05, 4.69) is 0 Å². The Hall–Kier alpha value is -1.67. The molecule has 0 radical (unpaired) electrons. The number of primary amides is 1. The molecule has 8 heteroatoms. The summed E-state index contributed by atoms with van der Waals surface area (Å²) >= 11 is 0. The van der Waals surface area contributed by atoms with Crippen LogP contribution in [0.3, 0.4) is 0 Å². The normalized spacial score (nSPS) is 12.2. The summed E-state index contributed by atoms with van der Waals surface area (Å²) in [6, 6.07) is -1.75. The summed E-state index contributed by atoms with van der Waals surface area (Å²) in [6.07, 6.45) is 0. The van der Waals surface area contributed by atoms with Crippen LogP contribution in [0.4, 0.5) is 4.79 Å². The van der Waals surface area contributed by atoms with E-state index in [9.17, 15) is 14.4 Å². The molecular formula is C9H17N3O5. The van der Waals surface area contributed by atoms with Crippen LogP contribution in [0.5, 0.6) is 0 Å². The van der Waals surface area contributed by atoms with Crippen molar-refractivity contribution >= 4 is 17.9 Å². The van der Waals surface area contributed by atoms with E-state index < -0.39 is 23.9 Å². The van der Waals surface area contributed by atoms with Crippen molar-refractivity contribution in [1.29, 1.82) is 0 Å². The van der Waals surface area contributed by atoms with Gasteiger partial charge >= 0.3 is 12.0 Å². The van der Waals surface area contributed by atoms with Gasteiger partial charge in [-0.1, -0.05) is 0 Å². The summed E-state index contributed by atoms with van der Waals surface area (Å²) in [7, 11) is 1.47. The van der Waals surface area contributed by atoms with Gasteiger partial charge in [-0.05, 0) is 6.92 Å². The molecule has 98 valence electrons. The number of imide groups is 1. The van der Waals surface area contributed by atoms with Gasteiger partial charge in [0.15, 0.2) is 0 Å². The minimum absolute atomic E-state index is 0.260. The highest BCUT2D eigenvalue weighted by molar-refractivity contribution is 5.96. The quantitative estimate of drug-likeness (QED) is 0.508. The maximum atomic E-state index is 11.5. The monoisotopic (exact) mass is 247 g/mol. The lowest BCUT2D eigenvalue weighted by molar-refractivity contribution is -0.140. The van der Waals surface area contributed by atoms with E-state index >= 15 is 0 Å². The first-order valence-electron chi connectivity index (χ1n) is 4.93. The van der Waals surface area contributed by atoms with E-state index in [1.54, 1.807) is 0 Å². The van der Waals surface area contributed by atoms with Crippen molar-refractivity contribution in [2.24, 2.45) is 5.73 Å². The number of aliphatic carboxylic acids is 1. The fraction of sp³-hybridized carbons (Fsp3) is 0.667. The van der Waals surface area contributed by atoms with Crippen LogP contribution in [-0.2, 0) is 14.3 Å². The topological polar surface area (TPSA) is 122 Å². The molecule has 4 N–H and O–H groups in total. The number of hydrogen-bond acceptors (Lipinski definition) is 5. The second kappa shape index (κ2) is 7.58. The van der Waals surface area contributed by atoms with Crippen molar-refractivity contribution in [3.05, 3.63) is 0 Å². The number of carbonyl (C=O) groups excluding carboxylic acids is 2. The first-order chi connectivity index (χ1) is 7.88. The third-order valence-corrected chi connectivity index (χ3v) is 2.09. The zero-order valence-electron chi connectivity index (χ0n) is 9.80. The van der Waals surface area contributed by atoms with Crippen molar-refractivity contribution in [2.75, 3.05) is 26.8 Å². The lowest BCUT2D eigenvalue weighted by atomic mass is 10.2. The van der Waals surface area contributed by atoms with Gasteiger partial charge in [0.05, 0.1) is 19.2 Å². The lowest BCUT2D eigenvalue weighted by Crippen LogP contribution is -2.50. The van der Waals surface area contributed by atoms with Gasteiger partial charge in [0, 0.05) is 13.7 Å². The Morgan fingerprint density at radius 2 is 2.06 bits per heavy atom. The van der Waals surface area contributed by atoms with E-state index in [1.165, 1.54) is 18.9 Å². The van der Waals surface area contributed by atoms with Gasteiger partial charge in [-0.25, -0.2) is 4.79 Å². The first-order valence-corrected chi connectivity index (χ1v) is 4.93. The minimum atomic E-state index is -1.07. The van der Waals surface area contributed by atoms with Crippen LogP contribution in [-0.4, -0.2) is 60.8 Å². The average Bonchev–Trinajstić information content (AvgIpc) is 2.21. The van der Waals surface area contributed by atoms with Crippen molar-refractivity contribution < 1.29 is 24.2 Å². The molecule has 0 saturated carbocycles. The molecule has 0 fully saturated rings. The van der Waals surface area contributed by atoms with Crippen LogP contribution in [0.1, 0.15) is 6.92 Å². The number of carboxylic acids is 1. The SMILES string of the molecule is COCCN(CC(=O)O)C(C)C(=O)NC(N)=O. The number of nitrogens with zero attached hydrogens (tertiary/aromatic N) is 1. The number of nitrogens with one attached hydrogen (secondary N) is 1. The Morgan fingerprint density at radius 3 is 2.47 bits per heavy atom. The molecule has 0 aromatic heterocycles. The number of rotatable bonds is 7. The van der Waals surface area contributed by atoms with E-state index in [1.807, 2.05) is 5.32 Å². The average molecular weight is 247 g/mol. The van der Waals surface area contributed by atoms with Crippen LogP contribution >= 0.6 is 0 Å². The summed E-state index contributed by atoms with van der Waals surface area (Å²) in [4.78, 5) is 33.9. The maximum absolute atomic E-state index is 11.5. The number of carbonyl (C=O) groups is 3. The Balaban J connectivity index is 4.48. The van der Waals surface area contributed by atoms with Crippen molar-refractivity contribution in [1.82, 2.24) is 10.2 Å². The molecular weight excluding hydrogens is 230 g/mol. The van der Waals surface area contributed by atoms with E-state index in [4.69, 9.17) is 15.6 Å². The molecule has 1 atom stereocenters. The molecule has 1 unspecified atom stereocenters. The number of ether oxygens (including phenoxy) is 1. The molecule has 0 saturated heterocycles. The van der Waals surface area contributed by atoms with Gasteiger partial charge in [0.2, 0.25) is 5.91 Å². The second-order valence-corrected chi connectivity index (χ2v) is 3.39. The molecule has 0 aliphatic heterocycles. The highest BCUT2D eigenvalue weighted by Crippen LogP contribution is 1.99. The highest BCUT2D eigenvalue weighted by Gasteiger charge is 2.23. The largest absolute Gasteiger partial charge is 0.480 e. The summed E-state index contributed by atoms with van der Waals surface area (Å²) in [5, 5.41) is 10.6. The third-order valence-electron chi connectivity index (χ3n) is 2.09. The number of methoxy groups -OCH3 is 1. The molecule has 0 bridgehead atoms. The zero-order chi connectivity index (χ0) is 13.4. The Kier molecular flexibility index (Phi) is 6.83. The smallest absolute Gasteiger partial charge is 0.318 e. The predicted octanol–water partition coefficient (Wildman–Crippen LogP) is -1.40. The lowest BCUT2D eigenvalue weighted by Gasteiger charge is -2.25. The zero-order valence-corrected chi connectivity index (χ0v) is 9.80. The predicted molar refractivity (Wildman–Crippen MR) is 58.3 cm³/mol. The Morgan fingerprint density at radius 1 is 1.47 bits per heavy atom. The number of nitrogens with two attached hydrogens (primary N) is 1. The van der Waals surface area contributed by atoms with Crippen LogP contribution in [0.2, 0.25) is 0 Å². The van der Waals surface area contributed by atoms with Gasteiger partial charge in [0.1, 0.15) is 0 Å². The van der Waals surface area contributed by atoms with E-state index in [0.717, 1.165) is 0 Å². The maximum Gasteiger partial charge on any atom is 0.318 e. The summed E-state index contributed by atoms with van der Waals surface area (Å²) in [6.45, 7) is 1.70. The standard InChI is InChI=1S/C9H17N3O5/c1-6(8(15)11-9(10)16)12(3-4-17-2)5-7(13)14/h6H,3-5H2,1-2H3,(H,13,14)(H3,10,11,15,16). The highest BCUT2D eigenvalue weighted by atomic mass is 16.5. The molecule has 0 aliphatic carbocycles. The number of carboxylic acid groups (broad SMARTS) is 1. The second-order valence-electron chi connectivity index (χ2n) is 3.39. The Bertz CT molecular complexity index is 294. The van der Waals surface area contributed by atoms with E-state index in [-0.39, 0.29) is 19.7 Å². The number of amides is 3. The van der Waals surface area contributed by atoms with Crippen LogP contribution in [0, 0.1) is 0 Å². The molecule has 3 amide bonds. The molecule has 0 aromatic carbocycles. The summed E-state index contributed by atoms with van der Waals surface area (Å²) in [5.74, 6) is -1.71. The summed E-state index contributed by atoms with van der Waals surface area (Å²) < 4.78 is 4.81. The Labute approximate surface area is 98.7 Å². The van der Waals surface area contributed by atoms with Gasteiger partial charge in [-0.15, -0.1) is 0 Å². The third kappa shape index (κ3) is 6.48. The number of urea groups is 1. The molecule has 0 heterocycles. The fourth-order valence-electron chi connectivity index (χ4n) is 1.18. The van der Waals surface area contributed by atoms with Crippen molar-refractivity contribution in [2.45, 2.75) is 13.0 Å². The van der Waals surface area contributed by atoms with Crippen LogP contribution in [0.25, 0.3) is 0 Å². The van der Waals surface area contributed by atoms with Crippen molar-refractivity contribution in [3.8, 4) is 0 Å². The van der Waals surface area contributed by atoms with Gasteiger partial charge < -0.3 is 15.6 Å². The van der Waals surface area contributed by atoms with Crippen LogP contribution < -0.4 is 11.1 Å². The minimum Gasteiger partial charge on any atom is -0.480 e. The molecule has 8 nitrogen and oxygen atoms in total. The summed E-state index contributed by atoms with van der Waals surface area (Å²) in [5.41, 5.74) is 4.80. The van der Waals surface area contributed by atoms with Gasteiger partial charge in [-0.3, -0.25) is 19.8 Å². The van der Waals surface area contributed by atoms with Gasteiger partial charge in [0.25, 0.3) is 0 Å². The molecule has 0 aromatic rings. The number of hydrogen-bond donors (Lipinski definition) is 3. The molecule has 0 rings (SSSR count). The fourth-order valence-corrected chi connectivity index (χ4v) is 1.18. The molecule has 0 spiro atoms. The molecule has 17 heavy (non-hydrogen) atoms. The van der Waals surface area contributed by atoms with Gasteiger partial charge in [-0.2, -0.15) is 0 Å². The van der Waals surface area contributed by atoms with Crippen LogP contribution in [0.15, 0.2) is 0 Å². The van der Waals surface area contributed by atoms with E-state index in [0.29, 0.717) is 0 Å². The van der Waals surface area contributed by atoms with Crippen molar-refractivity contribution in [3.63, 3.8) is 0 Å². The first kappa shape index (κ1) is 15.3.